The van der Waals surface area contributed by atoms with Crippen molar-refractivity contribution in [2.24, 2.45) is 0 Å². The molecule has 1 aromatic heterocycles. The largest absolute Gasteiger partial charge is 0.465 e. The third kappa shape index (κ3) is 2.73. The van der Waals surface area contributed by atoms with Crippen molar-refractivity contribution in [3.05, 3.63) is 30.2 Å². The van der Waals surface area contributed by atoms with Crippen LogP contribution in [0.4, 0.5) is 0 Å². The first kappa shape index (κ1) is 12.5. The number of nitrogens with one attached hydrogen (secondary N) is 1. The molecule has 1 aromatic rings. The maximum atomic E-state index is 12.1. The zero-order chi connectivity index (χ0) is 13.2. The first-order valence-electron chi connectivity index (χ1n) is 6.97. The summed E-state index contributed by atoms with van der Waals surface area (Å²) in [7, 11) is 1.91. The van der Waals surface area contributed by atoms with Gasteiger partial charge in [-0.15, -0.1) is 0 Å². The molecule has 0 radical (unpaired) electrons. The van der Waals surface area contributed by atoms with Crippen LogP contribution >= 0.6 is 0 Å². The first-order valence-corrected chi connectivity index (χ1v) is 6.97. The summed E-state index contributed by atoms with van der Waals surface area (Å²) in [5.41, 5.74) is 0. The predicted octanol–water partition coefficient (Wildman–Crippen LogP) is 2.03. The molecule has 19 heavy (non-hydrogen) atoms. The second-order valence-corrected chi connectivity index (χ2v) is 5.56. The molecule has 2 aliphatic rings. The summed E-state index contributed by atoms with van der Waals surface area (Å²) in [4.78, 5) is 14.0. The van der Waals surface area contributed by atoms with E-state index >= 15 is 0 Å². The molecule has 0 spiro atoms. The Morgan fingerprint density at radius 2 is 2.16 bits per heavy atom. The predicted molar refractivity (Wildman–Crippen MR) is 73.5 cm³/mol. The van der Waals surface area contributed by atoms with Crippen LogP contribution in [0.5, 0.6) is 0 Å². The molecule has 102 valence electrons. The van der Waals surface area contributed by atoms with E-state index in [0.717, 1.165) is 12.8 Å². The molecule has 1 N–H and O–H groups in total. The van der Waals surface area contributed by atoms with Gasteiger partial charge in [0.05, 0.1) is 6.26 Å². The van der Waals surface area contributed by atoms with E-state index in [2.05, 4.69) is 5.32 Å². The summed E-state index contributed by atoms with van der Waals surface area (Å²) in [5, 5.41) is 3.60. The molecule has 2 atom stereocenters. The van der Waals surface area contributed by atoms with Gasteiger partial charge in [0.2, 0.25) is 5.91 Å². The van der Waals surface area contributed by atoms with E-state index in [4.69, 9.17) is 4.42 Å². The number of carbonyl (C=O) groups excluding carboxylic acids is 1. The van der Waals surface area contributed by atoms with Gasteiger partial charge in [-0.1, -0.05) is 0 Å². The second-order valence-electron chi connectivity index (χ2n) is 5.56. The van der Waals surface area contributed by atoms with Gasteiger partial charge in [-0.25, -0.2) is 0 Å². The zero-order valence-corrected chi connectivity index (χ0v) is 11.2. The highest BCUT2D eigenvalue weighted by molar-refractivity contribution is 5.91. The van der Waals surface area contributed by atoms with Crippen molar-refractivity contribution in [2.75, 3.05) is 7.05 Å². The topological polar surface area (TPSA) is 45.5 Å². The number of nitrogens with zero attached hydrogens (tertiary/aromatic N) is 1. The molecule has 2 fully saturated rings. The summed E-state index contributed by atoms with van der Waals surface area (Å²) >= 11 is 0. The molecule has 0 aliphatic carbocycles. The smallest absolute Gasteiger partial charge is 0.246 e. The van der Waals surface area contributed by atoms with Gasteiger partial charge < -0.3 is 14.6 Å². The molecule has 3 heterocycles. The molecule has 2 saturated heterocycles. The van der Waals surface area contributed by atoms with E-state index < -0.39 is 0 Å². The van der Waals surface area contributed by atoms with Crippen molar-refractivity contribution in [1.82, 2.24) is 10.2 Å². The Labute approximate surface area is 113 Å². The van der Waals surface area contributed by atoms with Crippen LogP contribution in [0, 0.1) is 0 Å². The number of hydrogen-bond donors (Lipinski definition) is 1. The normalized spacial score (nSPS) is 29.8. The Morgan fingerprint density at radius 3 is 2.79 bits per heavy atom. The van der Waals surface area contributed by atoms with Crippen LogP contribution in [0.15, 0.2) is 28.9 Å². The second kappa shape index (κ2) is 5.21. The Balaban J connectivity index is 1.60. The van der Waals surface area contributed by atoms with E-state index in [0.29, 0.717) is 23.9 Å². The molecule has 2 bridgehead atoms. The average Bonchev–Trinajstić information content (AvgIpc) is 3.05. The fourth-order valence-corrected chi connectivity index (χ4v) is 3.18. The highest BCUT2D eigenvalue weighted by atomic mass is 16.3. The highest BCUT2D eigenvalue weighted by Gasteiger charge is 2.35. The highest BCUT2D eigenvalue weighted by Crippen LogP contribution is 2.29. The summed E-state index contributed by atoms with van der Waals surface area (Å²) in [6.07, 6.45) is 9.60. The van der Waals surface area contributed by atoms with Crippen LogP contribution in [-0.4, -0.2) is 36.0 Å². The lowest BCUT2D eigenvalue weighted by Gasteiger charge is -2.35. The fraction of sp³-hybridized carbons (Fsp3) is 0.533. The van der Waals surface area contributed by atoms with Gasteiger partial charge in [-0.2, -0.15) is 0 Å². The summed E-state index contributed by atoms with van der Waals surface area (Å²) in [6, 6.07) is 5.24. The molecular formula is C15H20N2O2. The lowest BCUT2D eigenvalue weighted by Crippen LogP contribution is -2.48. The average molecular weight is 260 g/mol. The number of hydrogen-bond acceptors (Lipinski definition) is 3. The van der Waals surface area contributed by atoms with Gasteiger partial charge in [-0.3, -0.25) is 4.79 Å². The van der Waals surface area contributed by atoms with E-state index in [1.54, 1.807) is 18.4 Å². The summed E-state index contributed by atoms with van der Waals surface area (Å²) < 4.78 is 5.19. The summed E-state index contributed by atoms with van der Waals surface area (Å²) in [5.74, 6) is 0.773. The van der Waals surface area contributed by atoms with Crippen LogP contribution in [0.2, 0.25) is 0 Å². The molecular weight excluding hydrogens is 240 g/mol. The molecule has 4 nitrogen and oxygen atoms in total. The van der Waals surface area contributed by atoms with Gasteiger partial charge in [-0.05, 0) is 43.9 Å². The molecule has 0 saturated carbocycles. The van der Waals surface area contributed by atoms with Crippen molar-refractivity contribution in [3.8, 4) is 0 Å². The maximum absolute atomic E-state index is 12.1. The van der Waals surface area contributed by atoms with E-state index in [9.17, 15) is 4.79 Å². The maximum Gasteiger partial charge on any atom is 0.246 e. The van der Waals surface area contributed by atoms with Crippen LogP contribution in [-0.2, 0) is 4.79 Å². The van der Waals surface area contributed by atoms with Crippen molar-refractivity contribution in [2.45, 2.75) is 43.8 Å². The quantitative estimate of drug-likeness (QED) is 0.846. The van der Waals surface area contributed by atoms with Gasteiger partial charge in [0.1, 0.15) is 5.76 Å². The molecule has 1 amide bonds. The number of carbonyl (C=O) groups is 1. The SMILES string of the molecule is CN(C(=O)/C=C/c1ccco1)C1CC2CCC(C1)N2. The van der Waals surface area contributed by atoms with Gasteiger partial charge in [0.25, 0.3) is 0 Å². The van der Waals surface area contributed by atoms with Gasteiger partial charge in [0, 0.05) is 31.2 Å². The van der Waals surface area contributed by atoms with Crippen LogP contribution in [0.25, 0.3) is 6.08 Å². The van der Waals surface area contributed by atoms with Gasteiger partial charge in [0.15, 0.2) is 0 Å². The molecule has 4 heteroatoms. The third-order valence-corrected chi connectivity index (χ3v) is 4.28. The van der Waals surface area contributed by atoms with Crippen molar-refractivity contribution in [3.63, 3.8) is 0 Å². The standard InChI is InChI=1S/C15H20N2O2/c1-17(13-9-11-4-5-12(10-13)16-11)15(18)7-6-14-3-2-8-19-14/h2-3,6-8,11-13,16H,4-5,9-10H2,1H3/b7-6+. The minimum atomic E-state index is 0.0581. The third-order valence-electron chi connectivity index (χ3n) is 4.28. The van der Waals surface area contributed by atoms with Crippen molar-refractivity contribution in [1.29, 1.82) is 0 Å². The van der Waals surface area contributed by atoms with Crippen LogP contribution in [0.3, 0.4) is 0 Å². The minimum absolute atomic E-state index is 0.0581. The number of likely N-dealkylation sites (N-methyl/N-ethyl adjacent to an activating group) is 1. The summed E-state index contributed by atoms with van der Waals surface area (Å²) in [6.45, 7) is 0. The lowest BCUT2D eigenvalue weighted by molar-refractivity contribution is -0.127. The van der Waals surface area contributed by atoms with Crippen molar-refractivity contribution >= 4 is 12.0 Å². The van der Waals surface area contributed by atoms with E-state index in [1.165, 1.54) is 12.8 Å². The fourth-order valence-electron chi connectivity index (χ4n) is 3.18. The number of piperidine rings is 1. The minimum Gasteiger partial charge on any atom is -0.465 e. The number of fused-ring (bicyclic) bond motifs is 2. The number of rotatable bonds is 3. The Kier molecular flexibility index (Phi) is 3.42. The van der Waals surface area contributed by atoms with E-state index in [-0.39, 0.29) is 5.91 Å². The number of furan rings is 1. The van der Waals surface area contributed by atoms with E-state index in [1.807, 2.05) is 24.1 Å². The van der Waals surface area contributed by atoms with Crippen LogP contribution < -0.4 is 5.32 Å². The Morgan fingerprint density at radius 1 is 1.42 bits per heavy atom. The number of amides is 1. The molecule has 2 unspecified atom stereocenters. The Bertz CT molecular complexity index is 454. The first-order chi connectivity index (χ1) is 9.22. The van der Waals surface area contributed by atoms with Gasteiger partial charge >= 0.3 is 0 Å². The molecule has 2 aliphatic heterocycles. The van der Waals surface area contributed by atoms with Crippen molar-refractivity contribution < 1.29 is 9.21 Å². The Hall–Kier alpha value is -1.55. The molecule has 3 rings (SSSR count). The molecule has 0 aromatic carbocycles. The zero-order valence-electron chi connectivity index (χ0n) is 11.2. The van der Waals surface area contributed by atoms with Crippen LogP contribution in [0.1, 0.15) is 31.4 Å². The lowest BCUT2D eigenvalue weighted by atomic mass is 9.98. The monoisotopic (exact) mass is 260 g/mol.